The lowest BCUT2D eigenvalue weighted by Gasteiger charge is -2.05. The lowest BCUT2D eigenvalue weighted by atomic mass is 10.2. The molecule has 5 rings (SSSR count). The average Bonchev–Trinajstić information content (AvgIpc) is 3.24. The minimum Gasteiger partial charge on any atom is -0.266 e. The largest absolute Gasteiger partial charge is 0.266 e. The number of rotatable bonds is 4. The Morgan fingerprint density at radius 3 is 1.58 bits per heavy atom. The third-order valence-corrected chi connectivity index (χ3v) is 4.43. The summed E-state index contributed by atoms with van der Waals surface area (Å²) in [6.45, 7) is 1.31. The van der Waals surface area contributed by atoms with E-state index < -0.39 is 0 Å². The first kappa shape index (κ1) is 14.8. The SMILES string of the molecule is c1cc(Cn2cc3ccccc3n2)nc(Cn2cc3ccccc3n2)c1. The Morgan fingerprint density at radius 1 is 0.577 bits per heavy atom. The van der Waals surface area contributed by atoms with Crippen molar-refractivity contribution < 1.29 is 0 Å². The zero-order valence-electron chi connectivity index (χ0n) is 14.2. The zero-order valence-corrected chi connectivity index (χ0v) is 14.2. The van der Waals surface area contributed by atoms with Crippen LogP contribution in [0.25, 0.3) is 21.8 Å². The lowest BCUT2D eigenvalue weighted by molar-refractivity contribution is 0.654. The highest BCUT2D eigenvalue weighted by molar-refractivity contribution is 5.78. The fourth-order valence-corrected chi connectivity index (χ4v) is 3.23. The second-order valence-corrected chi connectivity index (χ2v) is 6.39. The van der Waals surface area contributed by atoms with E-state index >= 15 is 0 Å². The predicted molar refractivity (Wildman–Crippen MR) is 102 cm³/mol. The Morgan fingerprint density at radius 2 is 1.08 bits per heavy atom. The van der Waals surface area contributed by atoms with Crippen molar-refractivity contribution in [2.75, 3.05) is 0 Å². The van der Waals surface area contributed by atoms with Crippen LogP contribution in [0.3, 0.4) is 0 Å². The van der Waals surface area contributed by atoms with Gasteiger partial charge in [-0.05, 0) is 24.3 Å². The molecule has 0 aliphatic heterocycles. The molecule has 0 radical (unpaired) electrons. The van der Waals surface area contributed by atoms with Crippen molar-refractivity contribution in [2.24, 2.45) is 0 Å². The molecule has 0 aliphatic carbocycles. The van der Waals surface area contributed by atoms with Gasteiger partial charge in [-0.15, -0.1) is 0 Å². The maximum atomic E-state index is 4.78. The molecular formula is C21H17N5. The molecule has 5 nitrogen and oxygen atoms in total. The third kappa shape index (κ3) is 2.84. The molecule has 126 valence electrons. The Labute approximate surface area is 150 Å². The van der Waals surface area contributed by atoms with Gasteiger partial charge in [-0.3, -0.25) is 14.3 Å². The van der Waals surface area contributed by atoms with Gasteiger partial charge >= 0.3 is 0 Å². The van der Waals surface area contributed by atoms with Crippen molar-refractivity contribution >= 4 is 21.8 Å². The highest BCUT2D eigenvalue weighted by Crippen LogP contribution is 2.14. The quantitative estimate of drug-likeness (QED) is 0.499. The third-order valence-electron chi connectivity index (χ3n) is 4.43. The fourth-order valence-electron chi connectivity index (χ4n) is 3.23. The standard InChI is InChI=1S/C21H17N5/c1-3-10-20-16(6-1)12-25(23-20)14-18-8-5-9-19(22-18)15-26-13-17-7-2-4-11-21(17)24-26/h1-13H,14-15H2. The molecule has 0 atom stereocenters. The van der Waals surface area contributed by atoms with Crippen LogP contribution in [0, 0.1) is 0 Å². The molecule has 3 aromatic heterocycles. The van der Waals surface area contributed by atoms with E-state index in [1.807, 2.05) is 64.0 Å². The summed E-state index contributed by atoms with van der Waals surface area (Å²) in [4.78, 5) is 4.78. The Bertz CT molecular complexity index is 1040. The van der Waals surface area contributed by atoms with Crippen LogP contribution >= 0.6 is 0 Å². The molecule has 0 spiro atoms. The number of aromatic nitrogens is 5. The first-order chi connectivity index (χ1) is 12.8. The van der Waals surface area contributed by atoms with Crippen LogP contribution in [0.1, 0.15) is 11.4 Å². The van der Waals surface area contributed by atoms with Crippen LogP contribution < -0.4 is 0 Å². The van der Waals surface area contributed by atoms with Gasteiger partial charge in [-0.25, -0.2) is 0 Å². The topological polar surface area (TPSA) is 48.5 Å². The normalized spacial score (nSPS) is 11.4. The first-order valence-corrected chi connectivity index (χ1v) is 8.63. The van der Waals surface area contributed by atoms with E-state index in [0.29, 0.717) is 13.1 Å². The van der Waals surface area contributed by atoms with Crippen LogP contribution in [0.15, 0.2) is 79.1 Å². The summed E-state index contributed by atoms with van der Waals surface area (Å²) in [5.74, 6) is 0. The lowest BCUT2D eigenvalue weighted by Crippen LogP contribution is -2.06. The van der Waals surface area contributed by atoms with Gasteiger partial charge in [0, 0.05) is 23.2 Å². The second kappa shape index (κ2) is 6.11. The van der Waals surface area contributed by atoms with E-state index in [2.05, 4.69) is 34.7 Å². The highest BCUT2D eigenvalue weighted by atomic mass is 15.3. The van der Waals surface area contributed by atoms with E-state index in [1.54, 1.807) is 0 Å². The van der Waals surface area contributed by atoms with E-state index in [-0.39, 0.29) is 0 Å². The summed E-state index contributed by atoms with van der Waals surface area (Å²) in [5.41, 5.74) is 4.00. The smallest absolute Gasteiger partial charge is 0.0923 e. The number of nitrogens with zero attached hydrogens (tertiary/aromatic N) is 5. The summed E-state index contributed by atoms with van der Waals surface area (Å²) < 4.78 is 3.89. The Kier molecular flexibility index (Phi) is 3.49. The maximum absolute atomic E-state index is 4.78. The number of hydrogen-bond donors (Lipinski definition) is 0. The van der Waals surface area contributed by atoms with Crippen molar-refractivity contribution in [3.8, 4) is 0 Å². The molecule has 0 saturated heterocycles. The van der Waals surface area contributed by atoms with Crippen molar-refractivity contribution in [1.82, 2.24) is 24.5 Å². The molecule has 5 aromatic rings. The number of pyridine rings is 1. The van der Waals surface area contributed by atoms with Gasteiger partial charge in [-0.1, -0.05) is 42.5 Å². The van der Waals surface area contributed by atoms with Crippen molar-refractivity contribution in [3.05, 3.63) is 90.5 Å². The number of fused-ring (bicyclic) bond motifs is 2. The van der Waals surface area contributed by atoms with Gasteiger partial charge in [0.05, 0.1) is 35.5 Å². The summed E-state index contributed by atoms with van der Waals surface area (Å²) >= 11 is 0. The van der Waals surface area contributed by atoms with Gasteiger partial charge in [0.2, 0.25) is 0 Å². The summed E-state index contributed by atoms with van der Waals surface area (Å²) in [7, 11) is 0. The monoisotopic (exact) mass is 339 g/mol. The maximum Gasteiger partial charge on any atom is 0.0923 e. The van der Waals surface area contributed by atoms with E-state index in [4.69, 9.17) is 4.98 Å². The van der Waals surface area contributed by atoms with Gasteiger partial charge in [0.1, 0.15) is 0 Å². The van der Waals surface area contributed by atoms with Crippen LogP contribution in [0.5, 0.6) is 0 Å². The van der Waals surface area contributed by atoms with Crippen LogP contribution in [0.2, 0.25) is 0 Å². The van der Waals surface area contributed by atoms with E-state index in [1.165, 1.54) is 0 Å². The van der Waals surface area contributed by atoms with E-state index in [0.717, 1.165) is 33.2 Å². The highest BCUT2D eigenvalue weighted by Gasteiger charge is 2.05. The fraction of sp³-hybridized carbons (Fsp3) is 0.0952. The summed E-state index contributed by atoms with van der Waals surface area (Å²) in [5, 5.41) is 11.5. The molecule has 0 amide bonds. The second-order valence-electron chi connectivity index (χ2n) is 6.39. The zero-order chi connectivity index (χ0) is 17.3. The Hall–Kier alpha value is -3.47. The molecule has 2 aromatic carbocycles. The molecule has 0 fully saturated rings. The molecule has 3 heterocycles. The minimum atomic E-state index is 0.656. The van der Waals surface area contributed by atoms with Gasteiger partial charge in [-0.2, -0.15) is 10.2 Å². The molecular weight excluding hydrogens is 322 g/mol. The van der Waals surface area contributed by atoms with Crippen LogP contribution in [-0.4, -0.2) is 24.5 Å². The van der Waals surface area contributed by atoms with Crippen LogP contribution in [0.4, 0.5) is 0 Å². The molecule has 0 aliphatic rings. The molecule has 0 unspecified atom stereocenters. The van der Waals surface area contributed by atoms with E-state index in [9.17, 15) is 0 Å². The molecule has 0 saturated carbocycles. The van der Waals surface area contributed by atoms with Crippen molar-refractivity contribution in [1.29, 1.82) is 0 Å². The number of hydrogen-bond acceptors (Lipinski definition) is 3. The van der Waals surface area contributed by atoms with Crippen LogP contribution in [-0.2, 0) is 13.1 Å². The average molecular weight is 339 g/mol. The van der Waals surface area contributed by atoms with Gasteiger partial charge in [0.25, 0.3) is 0 Å². The van der Waals surface area contributed by atoms with Crippen molar-refractivity contribution in [3.63, 3.8) is 0 Å². The molecule has 26 heavy (non-hydrogen) atoms. The van der Waals surface area contributed by atoms with Crippen molar-refractivity contribution in [2.45, 2.75) is 13.1 Å². The first-order valence-electron chi connectivity index (χ1n) is 8.63. The van der Waals surface area contributed by atoms with Gasteiger partial charge < -0.3 is 0 Å². The molecule has 5 heteroatoms. The van der Waals surface area contributed by atoms with Gasteiger partial charge in [0.15, 0.2) is 0 Å². The summed E-state index contributed by atoms with van der Waals surface area (Å²) in [6.07, 6.45) is 4.12. The minimum absolute atomic E-state index is 0.656. The Balaban J connectivity index is 1.39. The number of benzene rings is 2. The molecule has 0 bridgehead atoms. The molecule has 0 N–H and O–H groups in total. The predicted octanol–water partition coefficient (Wildman–Crippen LogP) is 3.88. The summed E-state index contributed by atoms with van der Waals surface area (Å²) in [6, 6.07) is 22.4.